The van der Waals surface area contributed by atoms with Crippen molar-refractivity contribution in [2.24, 2.45) is 22.2 Å². The number of hydrogen-bond donors (Lipinski definition) is 5. The molecule has 0 bridgehead atoms. The third-order valence-electron chi connectivity index (χ3n) is 10.2. The zero-order valence-electron chi connectivity index (χ0n) is 44.3. The number of fused-ring (bicyclic) bond motifs is 1. The maximum absolute atomic E-state index is 14.0. The van der Waals surface area contributed by atoms with E-state index in [1.807, 2.05) is 13.8 Å². The Labute approximate surface area is 456 Å². The van der Waals surface area contributed by atoms with E-state index < -0.39 is 62.3 Å². The minimum atomic E-state index is -5.65. The van der Waals surface area contributed by atoms with Crippen LogP contribution in [-0.2, 0) is 76.7 Å². The van der Waals surface area contributed by atoms with Crippen LogP contribution in [0, 0.1) is 23.3 Å². The summed E-state index contributed by atoms with van der Waals surface area (Å²) in [6.45, 7) is 10.4. The normalized spacial score (nSPS) is 12.9. The molecule has 0 aliphatic carbocycles. The quantitative estimate of drug-likeness (QED) is 0.00734. The van der Waals surface area contributed by atoms with Crippen molar-refractivity contribution in [3.05, 3.63) is 76.0 Å². The zero-order valence-corrected chi connectivity index (χ0v) is 45.1. The molecule has 0 spiro atoms. The second-order valence-electron chi connectivity index (χ2n) is 16.3. The Hall–Kier alpha value is -5.67. The number of hydrogen-bond acceptors (Lipinski definition) is 21. The molecule has 0 saturated carbocycles. The molecule has 1 aliphatic rings. The number of rotatable bonds is 43. The number of esters is 1. The van der Waals surface area contributed by atoms with E-state index in [2.05, 4.69) is 15.0 Å². The van der Waals surface area contributed by atoms with Gasteiger partial charge in [-0.2, -0.15) is 17.2 Å². The second kappa shape index (κ2) is 38.8. The molecule has 0 aromatic heterocycles. The molecule has 2 amide bonds. The van der Waals surface area contributed by atoms with Crippen molar-refractivity contribution < 1.29 is 102 Å². The summed E-state index contributed by atoms with van der Waals surface area (Å²) in [5.74, 6) is -13.2. The van der Waals surface area contributed by atoms with Crippen molar-refractivity contribution >= 4 is 51.2 Å². The number of carbonyl (C=O) groups excluding carboxylic acids is 3. The summed E-state index contributed by atoms with van der Waals surface area (Å²) in [7, 11) is -5.65. The van der Waals surface area contributed by atoms with Crippen molar-refractivity contribution in [2.75, 3.05) is 152 Å². The van der Waals surface area contributed by atoms with Gasteiger partial charge in [0.05, 0.1) is 157 Å². The van der Waals surface area contributed by atoms with Gasteiger partial charge >= 0.3 is 16.1 Å². The first-order valence-electron chi connectivity index (χ1n) is 25.1. The molecule has 24 nitrogen and oxygen atoms in total. The summed E-state index contributed by atoms with van der Waals surface area (Å²) in [5, 5.41) is 4.03. The highest BCUT2D eigenvalue weighted by Crippen LogP contribution is 2.33. The SMILES string of the molecule is CCCN(OCC)C(=O)C1=Cc2ccc(/C(N)=C/C=C(\N)C(=O)NCCOCCOCCOCCOCCOCCOCCOCCOCCOCCOCCC(=O)Oc3c(F)c(F)c(S(=O)(=O)O)c(F)c3F)cc2N=C(N)C1. The summed E-state index contributed by atoms with van der Waals surface area (Å²) >= 11 is 0. The molecule has 0 unspecified atom stereocenters. The Morgan fingerprint density at radius 1 is 0.684 bits per heavy atom. The molecule has 0 radical (unpaired) electrons. The summed E-state index contributed by atoms with van der Waals surface area (Å²) in [4.78, 5) is 45.2. The molecule has 0 saturated heterocycles. The van der Waals surface area contributed by atoms with Gasteiger partial charge in [0.1, 0.15) is 5.84 Å². The van der Waals surface area contributed by atoms with E-state index in [1.54, 1.807) is 24.3 Å². The lowest BCUT2D eigenvalue weighted by Crippen LogP contribution is -2.34. The van der Waals surface area contributed by atoms with E-state index in [9.17, 15) is 40.4 Å². The van der Waals surface area contributed by atoms with Crippen molar-refractivity contribution in [3.8, 4) is 5.75 Å². The zero-order chi connectivity index (χ0) is 57.8. The summed E-state index contributed by atoms with van der Waals surface area (Å²) in [6, 6.07) is 5.31. The molecule has 8 N–H and O–H groups in total. The molecule has 2 aromatic carbocycles. The van der Waals surface area contributed by atoms with E-state index in [1.165, 1.54) is 17.2 Å². The van der Waals surface area contributed by atoms with Gasteiger partial charge in [-0.05, 0) is 43.2 Å². The Morgan fingerprint density at radius 2 is 1.14 bits per heavy atom. The number of nitrogens with two attached hydrogens (primary N) is 3. The van der Waals surface area contributed by atoms with Gasteiger partial charge in [0.2, 0.25) is 17.4 Å². The van der Waals surface area contributed by atoms with E-state index >= 15 is 0 Å². The van der Waals surface area contributed by atoms with Crippen molar-refractivity contribution in [2.45, 2.75) is 38.0 Å². The fourth-order valence-corrected chi connectivity index (χ4v) is 7.08. The molecule has 1 aliphatic heterocycles. The van der Waals surface area contributed by atoms with Crippen LogP contribution in [0.25, 0.3) is 11.8 Å². The van der Waals surface area contributed by atoms with Crippen LogP contribution in [0.1, 0.15) is 44.2 Å². The number of allylic oxidation sites excluding steroid dienone is 2. The average Bonchev–Trinajstić information content (AvgIpc) is 3.77. The Bertz CT molecular complexity index is 2420. The Morgan fingerprint density at radius 3 is 1.58 bits per heavy atom. The van der Waals surface area contributed by atoms with Gasteiger partial charge < -0.3 is 74.6 Å². The summed E-state index contributed by atoms with van der Waals surface area (Å²) in [5.41, 5.74) is 21.1. The first kappa shape index (κ1) is 67.6. The third kappa shape index (κ3) is 26.4. The molecule has 2 aromatic rings. The van der Waals surface area contributed by atoms with Crippen molar-refractivity contribution in [3.63, 3.8) is 0 Å². The number of hydroxylamine groups is 2. The fourth-order valence-electron chi connectivity index (χ4n) is 6.45. The van der Waals surface area contributed by atoms with Gasteiger partial charge in [-0.25, -0.2) is 18.8 Å². The second-order valence-corrected chi connectivity index (χ2v) is 17.6. The number of aliphatic imine (C=N–C) groups is 1. The van der Waals surface area contributed by atoms with Crippen molar-refractivity contribution in [1.29, 1.82) is 0 Å². The van der Waals surface area contributed by atoms with E-state index in [0.29, 0.717) is 134 Å². The Kier molecular flexibility index (Phi) is 33.2. The molecule has 0 atom stereocenters. The molecular weight excluding hydrogens is 1080 g/mol. The molecule has 444 valence electrons. The lowest BCUT2D eigenvalue weighted by molar-refractivity contribution is -0.180. The van der Waals surface area contributed by atoms with Crippen LogP contribution in [0.2, 0.25) is 0 Å². The van der Waals surface area contributed by atoms with Gasteiger partial charge in [0.15, 0.2) is 16.5 Å². The predicted molar refractivity (Wildman–Crippen MR) is 276 cm³/mol. The van der Waals surface area contributed by atoms with Crippen LogP contribution in [0.4, 0.5) is 23.2 Å². The van der Waals surface area contributed by atoms with Gasteiger partial charge in [-0.1, -0.05) is 19.1 Å². The van der Waals surface area contributed by atoms with Gasteiger partial charge in [-0.3, -0.25) is 23.8 Å². The van der Waals surface area contributed by atoms with Crippen LogP contribution < -0.4 is 27.3 Å². The highest BCUT2D eigenvalue weighted by Gasteiger charge is 2.34. The maximum Gasteiger partial charge on any atom is 0.313 e. The fraction of sp³-hybridized carbons (Fsp3) is 0.560. The maximum atomic E-state index is 14.0. The van der Waals surface area contributed by atoms with Crippen LogP contribution in [0.15, 0.2) is 51.5 Å². The van der Waals surface area contributed by atoms with Crippen molar-refractivity contribution in [1.82, 2.24) is 10.4 Å². The molecular formula is C50H72F4N6O18S. The minimum Gasteiger partial charge on any atom is -0.420 e. The summed E-state index contributed by atoms with van der Waals surface area (Å²) < 4.78 is 145. The van der Waals surface area contributed by atoms with Crippen LogP contribution in [0.3, 0.4) is 0 Å². The lowest BCUT2D eigenvalue weighted by Gasteiger charge is -2.21. The standard InChI is InChI=1S/C50H72F4N6O18S/c1-3-11-60(77-4-2)50(63)37-32-36-6-5-35(33-40(36)59-41(57)34-37)38(55)7-8-39(56)49(62)58-10-13-68-15-17-70-19-21-72-23-25-74-27-29-76-31-30-75-28-26-73-24-22-71-20-18-69-16-14-67-12-9-42(61)78-47-43(51)45(53)48(79(64,65)66)46(54)44(47)52/h5-8,32-33H,3-4,9-31,34,55-56H2,1-2H3,(H2,57,59)(H,58,62)(H,64,65,66)/b38-7-,39-8-. The van der Waals surface area contributed by atoms with Crippen LogP contribution in [-0.4, -0.2) is 193 Å². The van der Waals surface area contributed by atoms with Gasteiger partial charge in [0.25, 0.3) is 11.8 Å². The highest BCUT2D eigenvalue weighted by atomic mass is 32.2. The van der Waals surface area contributed by atoms with Crippen LogP contribution >= 0.6 is 0 Å². The van der Waals surface area contributed by atoms with E-state index in [0.717, 1.165) is 6.42 Å². The molecule has 29 heteroatoms. The number of carbonyl (C=O) groups is 3. The molecule has 1 heterocycles. The largest absolute Gasteiger partial charge is 0.420 e. The van der Waals surface area contributed by atoms with E-state index in [-0.39, 0.29) is 70.0 Å². The number of benzene rings is 2. The highest BCUT2D eigenvalue weighted by molar-refractivity contribution is 7.85. The van der Waals surface area contributed by atoms with Crippen LogP contribution in [0.5, 0.6) is 5.75 Å². The monoisotopic (exact) mass is 1150 g/mol. The Balaban J connectivity index is 1.05. The number of amidine groups is 1. The van der Waals surface area contributed by atoms with E-state index in [4.69, 9.17) is 74.0 Å². The average molecular weight is 1150 g/mol. The van der Waals surface area contributed by atoms with Gasteiger partial charge in [0, 0.05) is 36.3 Å². The smallest absolute Gasteiger partial charge is 0.313 e. The molecule has 0 fully saturated rings. The predicted octanol–water partition coefficient (Wildman–Crippen LogP) is 2.88. The molecule has 3 rings (SSSR count). The number of nitrogens with one attached hydrogen (secondary N) is 1. The summed E-state index contributed by atoms with van der Waals surface area (Å²) in [6.07, 6.45) is 4.99. The lowest BCUT2D eigenvalue weighted by atomic mass is 10.0. The number of nitrogens with zero attached hydrogens (tertiary/aromatic N) is 2. The minimum absolute atomic E-state index is 0.0138. The number of ether oxygens (including phenoxy) is 11. The number of halogens is 4. The first-order valence-corrected chi connectivity index (χ1v) is 26.6. The molecule has 79 heavy (non-hydrogen) atoms. The third-order valence-corrected chi connectivity index (χ3v) is 11.1. The first-order chi connectivity index (χ1) is 38.0. The topological polar surface area (TPSA) is 322 Å². The number of amides is 2. The van der Waals surface area contributed by atoms with Gasteiger partial charge in [-0.15, -0.1) is 0 Å².